The topological polar surface area (TPSA) is 35.2 Å². The van der Waals surface area contributed by atoms with E-state index >= 15 is 0 Å². The van der Waals surface area contributed by atoms with Crippen LogP contribution in [0, 0.1) is 11.8 Å². The Morgan fingerprint density at radius 2 is 1.67 bits per heavy atom. The van der Waals surface area contributed by atoms with Crippen LogP contribution in [0.25, 0.3) is 0 Å². The van der Waals surface area contributed by atoms with Crippen molar-refractivity contribution >= 4 is 0 Å². The van der Waals surface area contributed by atoms with E-state index < -0.39 is 0 Å². The summed E-state index contributed by atoms with van der Waals surface area (Å²) in [6.45, 7) is 5.96. The number of rotatable bonds is 0. The smallest absolute Gasteiger partial charge is 0.0506 e. The van der Waals surface area contributed by atoms with Crippen molar-refractivity contribution in [3.63, 3.8) is 0 Å². The highest BCUT2D eigenvalue weighted by molar-refractivity contribution is 4.78. The molecule has 2 heteroatoms. The molecule has 2 atom stereocenters. The summed E-state index contributed by atoms with van der Waals surface area (Å²) in [7, 11) is 0. The monoisotopic (exact) mass is 129 g/mol. The molecule has 0 aromatic rings. The second-order valence-corrected chi connectivity index (χ2v) is 3.07. The fourth-order valence-electron chi connectivity index (χ4n) is 1.22. The zero-order valence-corrected chi connectivity index (χ0v) is 6.13. The first-order valence-corrected chi connectivity index (χ1v) is 3.55. The van der Waals surface area contributed by atoms with Crippen molar-refractivity contribution in [2.45, 2.75) is 19.9 Å². The highest BCUT2D eigenvalue weighted by Gasteiger charge is 2.24. The van der Waals surface area contributed by atoms with Crippen LogP contribution in [0.2, 0.25) is 0 Å². The van der Waals surface area contributed by atoms with Crippen LogP contribution in [0.3, 0.4) is 0 Å². The lowest BCUT2D eigenvalue weighted by Gasteiger charge is -2.31. The van der Waals surface area contributed by atoms with E-state index in [1.165, 1.54) is 0 Å². The molecule has 0 saturated carbocycles. The summed E-state index contributed by atoms with van der Waals surface area (Å²) in [6, 6.07) is 0.346. The molecule has 1 heterocycles. The van der Waals surface area contributed by atoms with E-state index in [-0.39, 0.29) is 0 Å². The Balaban J connectivity index is 2.41. The lowest BCUT2D eigenvalue weighted by atomic mass is 9.90. The summed E-state index contributed by atoms with van der Waals surface area (Å²) in [5.74, 6) is 1.07. The van der Waals surface area contributed by atoms with E-state index in [0.29, 0.717) is 17.9 Å². The van der Waals surface area contributed by atoms with Crippen LogP contribution < -0.4 is 5.73 Å². The standard InChI is InChI=1S/C7H15NO/c1-5-3-9-4-6(2)7(5)8/h5-7H,3-4,8H2,1-2H3/t5-,6-/m1/s1. The molecule has 54 valence electrons. The molecule has 1 aliphatic rings. The summed E-state index contributed by atoms with van der Waals surface area (Å²) >= 11 is 0. The third-order valence-corrected chi connectivity index (χ3v) is 2.08. The predicted octanol–water partition coefficient (Wildman–Crippen LogP) is 0.616. The molecule has 1 saturated heterocycles. The molecule has 0 unspecified atom stereocenters. The Morgan fingerprint density at radius 3 is 2.00 bits per heavy atom. The van der Waals surface area contributed by atoms with Crippen LogP contribution >= 0.6 is 0 Å². The molecule has 2 N–H and O–H groups in total. The van der Waals surface area contributed by atoms with Gasteiger partial charge in [-0.3, -0.25) is 0 Å². The van der Waals surface area contributed by atoms with Gasteiger partial charge in [0.1, 0.15) is 0 Å². The van der Waals surface area contributed by atoms with E-state index in [1.54, 1.807) is 0 Å². The van der Waals surface area contributed by atoms with Gasteiger partial charge in [-0.1, -0.05) is 13.8 Å². The summed E-state index contributed by atoms with van der Waals surface area (Å²) in [6.07, 6.45) is 0. The minimum atomic E-state index is 0.346. The molecule has 0 aromatic carbocycles. The lowest BCUT2D eigenvalue weighted by Crippen LogP contribution is -2.43. The van der Waals surface area contributed by atoms with Crippen molar-refractivity contribution < 1.29 is 4.74 Å². The molecule has 0 bridgehead atoms. The largest absolute Gasteiger partial charge is 0.381 e. The van der Waals surface area contributed by atoms with Crippen LogP contribution in [0.4, 0.5) is 0 Å². The Morgan fingerprint density at radius 1 is 1.22 bits per heavy atom. The van der Waals surface area contributed by atoms with Gasteiger partial charge in [-0.15, -0.1) is 0 Å². The van der Waals surface area contributed by atoms with Crippen LogP contribution in [0.5, 0.6) is 0 Å². The zero-order chi connectivity index (χ0) is 6.85. The van der Waals surface area contributed by atoms with Crippen molar-refractivity contribution in [3.8, 4) is 0 Å². The molecule has 0 aliphatic carbocycles. The molecular weight excluding hydrogens is 114 g/mol. The van der Waals surface area contributed by atoms with Gasteiger partial charge in [-0.25, -0.2) is 0 Å². The minimum Gasteiger partial charge on any atom is -0.381 e. The van der Waals surface area contributed by atoms with Gasteiger partial charge in [0.25, 0.3) is 0 Å². The summed E-state index contributed by atoms with van der Waals surface area (Å²) < 4.78 is 5.28. The molecule has 0 spiro atoms. The molecule has 9 heavy (non-hydrogen) atoms. The van der Waals surface area contributed by atoms with Crippen LogP contribution in [-0.2, 0) is 4.74 Å². The predicted molar refractivity (Wildman–Crippen MR) is 37.1 cm³/mol. The van der Waals surface area contributed by atoms with Gasteiger partial charge in [0.15, 0.2) is 0 Å². The molecule has 1 fully saturated rings. The number of ether oxygens (including phenoxy) is 1. The van der Waals surface area contributed by atoms with Crippen molar-refractivity contribution in [2.24, 2.45) is 17.6 Å². The minimum absolute atomic E-state index is 0.346. The number of hydrogen-bond donors (Lipinski definition) is 1. The van der Waals surface area contributed by atoms with E-state index in [9.17, 15) is 0 Å². The Kier molecular flexibility index (Phi) is 2.09. The van der Waals surface area contributed by atoms with Crippen molar-refractivity contribution in [2.75, 3.05) is 13.2 Å². The van der Waals surface area contributed by atoms with Gasteiger partial charge >= 0.3 is 0 Å². The quantitative estimate of drug-likeness (QED) is 0.520. The van der Waals surface area contributed by atoms with Crippen LogP contribution in [0.15, 0.2) is 0 Å². The zero-order valence-electron chi connectivity index (χ0n) is 6.13. The average molecular weight is 129 g/mol. The molecule has 2 nitrogen and oxygen atoms in total. The molecular formula is C7H15NO. The second kappa shape index (κ2) is 2.67. The van der Waals surface area contributed by atoms with Gasteiger partial charge in [0.2, 0.25) is 0 Å². The van der Waals surface area contributed by atoms with E-state index in [1.807, 2.05) is 0 Å². The van der Waals surface area contributed by atoms with Gasteiger partial charge in [0.05, 0.1) is 13.2 Å². The Labute approximate surface area is 56.4 Å². The summed E-state index contributed by atoms with van der Waals surface area (Å²) in [5.41, 5.74) is 5.84. The number of nitrogens with two attached hydrogens (primary N) is 1. The second-order valence-electron chi connectivity index (χ2n) is 3.07. The maximum atomic E-state index is 5.84. The fourth-order valence-corrected chi connectivity index (χ4v) is 1.22. The third kappa shape index (κ3) is 1.43. The molecule has 1 aliphatic heterocycles. The first kappa shape index (κ1) is 7.03. The first-order chi connectivity index (χ1) is 4.22. The van der Waals surface area contributed by atoms with Crippen molar-refractivity contribution in [1.29, 1.82) is 0 Å². The Hall–Kier alpha value is -0.0800. The lowest BCUT2D eigenvalue weighted by molar-refractivity contribution is 0.0130. The molecule has 0 aromatic heterocycles. The van der Waals surface area contributed by atoms with Crippen LogP contribution in [0.1, 0.15) is 13.8 Å². The molecule has 0 amide bonds. The molecule has 0 radical (unpaired) electrons. The maximum absolute atomic E-state index is 5.84. The Bertz CT molecular complexity index is 84.9. The highest BCUT2D eigenvalue weighted by atomic mass is 16.5. The van der Waals surface area contributed by atoms with Gasteiger partial charge < -0.3 is 10.5 Å². The third-order valence-electron chi connectivity index (χ3n) is 2.08. The van der Waals surface area contributed by atoms with Gasteiger partial charge in [-0.05, 0) is 11.8 Å². The summed E-state index contributed by atoms with van der Waals surface area (Å²) in [4.78, 5) is 0. The normalized spacial score (nSPS) is 39.0. The SMILES string of the molecule is C[C@@H]1COC[C@@H](C)C1N. The molecule has 1 rings (SSSR count). The average Bonchev–Trinajstić information content (AvgIpc) is 1.83. The van der Waals surface area contributed by atoms with Gasteiger partial charge in [0, 0.05) is 6.04 Å². The summed E-state index contributed by atoms with van der Waals surface area (Å²) in [5, 5.41) is 0. The van der Waals surface area contributed by atoms with E-state index in [0.717, 1.165) is 13.2 Å². The van der Waals surface area contributed by atoms with Crippen molar-refractivity contribution in [3.05, 3.63) is 0 Å². The number of hydrogen-bond acceptors (Lipinski definition) is 2. The maximum Gasteiger partial charge on any atom is 0.0506 e. The van der Waals surface area contributed by atoms with E-state index in [2.05, 4.69) is 13.8 Å². The first-order valence-electron chi connectivity index (χ1n) is 3.55. The fraction of sp³-hybridized carbons (Fsp3) is 1.00. The van der Waals surface area contributed by atoms with Crippen molar-refractivity contribution in [1.82, 2.24) is 0 Å². The van der Waals surface area contributed by atoms with Crippen LogP contribution in [-0.4, -0.2) is 19.3 Å². The van der Waals surface area contributed by atoms with Gasteiger partial charge in [-0.2, -0.15) is 0 Å². The van der Waals surface area contributed by atoms with E-state index in [4.69, 9.17) is 10.5 Å². The highest BCUT2D eigenvalue weighted by Crippen LogP contribution is 2.16.